The summed E-state index contributed by atoms with van der Waals surface area (Å²) in [5.41, 5.74) is 0.255. The normalized spacial score (nSPS) is 22.2. The molecule has 4 atom stereocenters. The summed E-state index contributed by atoms with van der Waals surface area (Å²) in [5, 5.41) is 32.4. The first-order valence-corrected chi connectivity index (χ1v) is 9.42. The first-order valence-electron chi connectivity index (χ1n) is 9.42. The number of benzene rings is 1. The molecule has 0 unspecified atom stereocenters. The van der Waals surface area contributed by atoms with Crippen LogP contribution in [0.1, 0.15) is 41.9 Å². The molecular weight excluding hydrogens is 398 g/mol. The Balaban J connectivity index is 1.61. The van der Waals surface area contributed by atoms with Gasteiger partial charge in [-0.05, 0) is 38.0 Å². The summed E-state index contributed by atoms with van der Waals surface area (Å²) >= 11 is 0. The molecule has 1 saturated carbocycles. The number of aromatic nitrogens is 4. The standard InChI is InChI=1S/C19H20F2N6O3/c1-8(10-6-9(20)2-3-11(10)21)24-19(30)15-14-17(22-7-23-18(14)27-26-15)25-12-4-5-13(28)16(12)29/h2-3,6-8,12-13,16,28-29H,4-5H2,1H3,(H,24,30)(H2,22,23,25,26,27)/t8-,12-,13+,16-/m1/s1. The van der Waals surface area contributed by atoms with Crippen LogP contribution in [0.2, 0.25) is 0 Å². The maximum Gasteiger partial charge on any atom is 0.270 e. The molecule has 1 aliphatic carbocycles. The predicted octanol–water partition coefficient (Wildman–Crippen LogP) is 1.42. The Morgan fingerprint density at radius 1 is 1.27 bits per heavy atom. The van der Waals surface area contributed by atoms with Crippen molar-refractivity contribution < 1.29 is 23.8 Å². The second-order valence-corrected chi connectivity index (χ2v) is 7.27. The third-order valence-electron chi connectivity index (χ3n) is 5.25. The lowest BCUT2D eigenvalue weighted by atomic mass is 10.1. The van der Waals surface area contributed by atoms with E-state index >= 15 is 0 Å². The van der Waals surface area contributed by atoms with Gasteiger partial charge in [0, 0.05) is 5.56 Å². The van der Waals surface area contributed by atoms with E-state index in [1.165, 1.54) is 13.3 Å². The number of hydrogen-bond donors (Lipinski definition) is 5. The summed E-state index contributed by atoms with van der Waals surface area (Å²) in [4.78, 5) is 21.0. The lowest BCUT2D eigenvalue weighted by Gasteiger charge is -2.19. The van der Waals surface area contributed by atoms with Gasteiger partial charge in [-0.3, -0.25) is 9.89 Å². The number of carbonyl (C=O) groups excluding carboxylic acids is 1. The molecule has 1 fully saturated rings. The van der Waals surface area contributed by atoms with E-state index in [-0.39, 0.29) is 28.1 Å². The van der Waals surface area contributed by atoms with Gasteiger partial charge in [-0.2, -0.15) is 5.10 Å². The molecule has 158 valence electrons. The summed E-state index contributed by atoms with van der Waals surface area (Å²) in [6, 6.07) is 1.74. The van der Waals surface area contributed by atoms with Crippen LogP contribution >= 0.6 is 0 Å². The number of hydrogen-bond acceptors (Lipinski definition) is 7. The Hall–Kier alpha value is -3.18. The highest BCUT2D eigenvalue weighted by molar-refractivity contribution is 6.07. The second-order valence-electron chi connectivity index (χ2n) is 7.27. The highest BCUT2D eigenvalue weighted by Crippen LogP contribution is 2.28. The SMILES string of the molecule is C[C@@H](NC(=O)c1[nH]nc2ncnc(N[C@@H]3CC[C@H](O)[C@@H]3O)c12)c1cc(F)ccc1F. The number of aliphatic hydroxyl groups is 2. The number of rotatable bonds is 5. The highest BCUT2D eigenvalue weighted by atomic mass is 19.1. The summed E-state index contributed by atoms with van der Waals surface area (Å²) in [6.07, 6.45) is 0.394. The fourth-order valence-corrected chi connectivity index (χ4v) is 3.62. The second kappa shape index (κ2) is 7.92. The summed E-state index contributed by atoms with van der Waals surface area (Å²) in [7, 11) is 0. The first kappa shape index (κ1) is 20.1. The number of H-pyrrole nitrogens is 1. The number of amides is 1. The van der Waals surface area contributed by atoms with E-state index in [1.54, 1.807) is 0 Å². The monoisotopic (exact) mass is 418 g/mol. The van der Waals surface area contributed by atoms with Crippen molar-refractivity contribution in [1.82, 2.24) is 25.5 Å². The Morgan fingerprint density at radius 2 is 2.07 bits per heavy atom. The molecule has 1 amide bonds. The maximum absolute atomic E-state index is 14.0. The van der Waals surface area contributed by atoms with Gasteiger partial charge < -0.3 is 20.8 Å². The van der Waals surface area contributed by atoms with E-state index < -0.39 is 41.8 Å². The van der Waals surface area contributed by atoms with Crippen molar-refractivity contribution in [2.24, 2.45) is 0 Å². The van der Waals surface area contributed by atoms with Crippen LogP contribution in [0.4, 0.5) is 14.6 Å². The molecule has 0 saturated heterocycles. The Kier molecular flexibility index (Phi) is 5.31. The van der Waals surface area contributed by atoms with Crippen LogP contribution in [-0.2, 0) is 0 Å². The molecule has 3 aromatic rings. The Labute approximate surface area is 169 Å². The summed E-state index contributed by atoms with van der Waals surface area (Å²) in [6.45, 7) is 1.53. The van der Waals surface area contributed by atoms with Gasteiger partial charge in [0.1, 0.15) is 29.5 Å². The van der Waals surface area contributed by atoms with Crippen molar-refractivity contribution >= 4 is 22.8 Å². The van der Waals surface area contributed by atoms with Crippen LogP contribution in [0.5, 0.6) is 0 Å². The van der Waals surface area contributed by atoms with E-state index in [0.717, 1.165) is 18.2 Å². The van der Waals surface area contributed by atoms with E-state index in [1.807, 2.05) is 0 Å². The molecule has 0 bridgehead atoms. The molecule has 1 aromatic carbocycles. The zero-order valence-electron chi connectivity index (χ0n) is 15.9. The van der Waals surface area contributed by atoms with Crippen molar-refractivity contribution in [3.63, 3.8) is 0 Å². The number of carbonyl (C=O) groups is 1. The van der Waals surface area contributed by atoms with Gasteiger partial charge >= 0.3 is 0 Å². The lowest BCUT2D eigenvalue weighted by Crippen LogP contribution is -2.34. The Bertz CT molecular complexity index is 1090. The largest absolute Gasteiger partial charge is 0.390 e. The molecule has 0 aliphatic heterocycles. The average Bonchev–Trinajstić information content (AvgIpc) is 3.29. The average molecular weight is 418 g/mol. The molecule has 2 aromatic heterocycles. The van der Waals surface area contributed by atoms with Crippen LogP contribution in [0.25, 0.3) is 11.0 Å². The summed E-state index contributed by atoms with van der Waals surface area (Å²) in [5.74, 6) is -1.60. The number of nitrogens with one attached hydrogen (secondary N) is 3. The molecule has 0 radical (unpaired) electrons. The molecular formula is C19H20F2N6O3. The van der Waals surface area contributed by atoms with Crippen molar-refractivity contribution in [2.75, 3.05) is 5.32 Å². The topological polar surface area (TPSA) is 136 Å². The summed E-state index contributed by atoms with van der Waals surface area (Å²) < 4.78 is 27.5. The fourth-order valence-electron chi connectivity index (χ4n) is 3.62. The van der Waals surface area contributed by atoms with E-state index in [9.17, 15) is 23.8 Å². The molecule has 4 rings (SSSR count). The molecule has 2 heterocycles. The van der Waals surface area contributed by atoms with Gasteiger partial charge in [0.05, 0.1) is 29.7 Å². The van der Waals surface area contributed by atoms with Gasteiger partial charge in [0.15, 0.2) is 5.65 Å². The molecule has 0 spiro atoms. The molecule has 9 nitrogen and oxygen atoms in total. The van der Waals surface area contributed by atoms with Crippen molar-refractivity contribution in [1.29, 1.82) is 0 Å². The molecule has 1 aliphatic rings. The van der Waals surface area contributed by atoms with Crippen LogP contribution in [0.15, 0.2) is 24.5 Å². The first-order chi connectivity index (χ1) is 14.3. The third kappa shape index (κ3) is 3.68. The smallest absolute Gasteiger partial charge is 0.270 e. The van der Waals surface area contributed by atoms with E-state index in [2.05, 4.69) is 30.8 Å². The van der Waals surface area contributed by atoms with Crippen molar-refractivity contribution in [3.05, 3.63) is 47.4 Å². The predicted molar refractivity (Wildman–Crippen MR) is 103 cm³/mol. The lowest BCUT2D eigenvalue weighted by molar-refractivity contribution is 0.0392. The van der Waals surface area contributed by atoms with Crippen LogP contribution < -0.4 is 10.6 Å². The van der Waals surface area contributed by atoms with E-state index in [0.29, 0.717) is 12.8 Å². The minimum atomic E-state index is -0.977. The quantitative estimate of drug-likeness (QED) is 0.423. The van der Waals surface area contributed by atoms with Gasteiger partial charge in [-0.25, -0.2) is 18.7 Å². The zero-order valence-corrected chi connectivity index (χ0v) is 15.9. The van der Waals surface area contributed by atoms with Crippen LogP contribution in [0, 0.1) is 11.6 Å². The van der Waals surface area contributed by atoms with Crippen LogP contribution in [-0.4, -0.2) is 54.5 Å². The highest BCUT2D eigenvalue weighted by Gasteiger charge is 2.34. The molecule has 5 N–H and O–H groups in total. The van der Waals surface area contributed by atoms with Crippen LogP contribution in [0.3, 0.4) is 0 Å². The van der Waals surface area contributed by atoms with Crippen molar-refractivity contribution in [2.45, 2.75) is 44.1 Å². The van der Waals surface area contributed by atoms with Crippen molar-refractivity contribution in [3.8, 4) is 0 Å². The van der Waals surface area contributed by atoms with Gasteiger partial charge in [0.25, 0.3) is 5.91 Å². The number of anilines is 1. The maximum atomic E-state index is 14.0. The third-order valence-corrected chi connectivity index (χ3v) is 5.25. The minimum Gasteiger partial charge on any atom is -0.390 e. The number of fused-ring (bicyclic) bond motifs is 1. The molecule has 30 heavy (non-hydrogen) atoms. The number of aliphatic hydroxyl groups excluding tert-OH is 2. The van der Waals surface area contributed by atoms with Gasteiger partial charge in [0.2, 0.25) is 0 Å². The van der Waals surface area contributed by atoms with E-state index in [4.69, 9.17) is 0 Å². The minimum absolute atomic E-state index is 0.00448. The number of halogens is 2. The zero-order chi connectivity index (χ0) is 21.4. The Morgan fingerprint density at radius 3 is 2.80 bits per heavy atom. The fraction of sp³-hybridized carbons (Fsp3) is 0.368. The van der Waals surface area contributed by atoms with Gasteiger partial charge in [-0.1, -0.05) is 0 Å². The number of aromatic amines is 1. The van der Waals surface area contributed by atoms with Gasteiger partial charge in [-0.15, -0.1) is 0 Å². The molecule has 11 heteroatoms. The number of nitrogens with zero attached hydrogens (tertiary/aromatic N) is 3.